The first-order valence-electron chi connectivity index (χ1n) is 5.47. The van der Waals surface area contributed by atoms with Crippen LogP contribution in [0, 0.1) is 0 Å². The molecule has 4 N–H and O–H groups in total. The Balaban J connectivity index is 2.20. The van der Waals surface area contributed by atoms with Crippen LogP contribution in [0.1, 0.15) is 24.0 Å². The Morgan fingerprint density at radius 2 is 2.07 bits per heavy atom. The van der Waals surface area contributed by atoms with Crippen LogP contribution < -0.4 is 11.1 Å². The zero-order valence-corrected chi connectivity index (χ0v) is 8.87. The number of hydrogen-bond acceptors (Lipinski definition) is 3. The van der Waals surface area contributed by atoms with E-state index in [0.29, 0.717) is 13.1 Å². The Labute approximate surface area is 90.3 Å². The van der Waals surface area contributed by atoms with Crippen molar-refractivity contribution in [2.24, 2.45) is 5.73 Å². The maximum absolute atomic E-state index is 10.4. The molecule has 1 aromatic rings. The predicted molar refractivity (Wildman–Crippen MR) is 60.3 cm³/mol. The summed E-state index contributed by atoms with van der Waals surface area (Å²) in [6.07, 6.45) is 1.86. The number of benzene rings is 1. The van der Waals surface area contributed by atoms with Crippen LogP contribution in [-0.4, -0.2) is 18.2 Å². The Morgan fingerprint density at radius 3 is 2.60 bits per heavy atom. The number of aliphatic hydroxyl groups is 1. The molecule has 2 rings (SSSR count). The van der Waals surface area contributed by atoms with Crippen LogP contribution in [0.15, 0.2) is 24.3 Å². The molecular formula is C12H18N2O. The molecular weight excluding hydrogens is 188 g/mol. The first kappa shape index (κ1) is 10.6. The number of rotatable bonds is 2. The average molecular weight is 206 g/mol. The third kappa shape index (κ3) is 2.20. The lowest BCUT2D eigenvalue weighted by Crippen LogP contribution is -2.43. The normalized spacial score (nSPS) is 26.5. The summed E-state index contributed by atoms with van der Waals surface area (Å²) < 4.78 is 0. The minimum atomic E-state index is -0.689. The standard InChI is InChI=1S/C12H18N2O/c13-8-10-2-4-11(5-3-10)12(15)6-1-7-14-9-12/h2-5,14-15H,1,6-9,13H2. The summed E-state index contributed by atoms with van der Waals surface area (Å²) in [7, 11) is 0. The van der Waals surface area contributed by atoms with Gasteiger partial charge in [0.1, 0.15) is 5.60 Å². The van der Waals surface area contributed by atoms with Crippen molar-refractivity contribution in [2.75, 3.05) is 13.1 Å². The van der Waals surface area contributed by atoms with E-state index in [2.05, 4.69) is 5.32 Å². The average Bonchev–Trinajstić information content (AvgIpc) is 2.30. The van der Waals surface area contributed by atoms with Crippen molar-refractivity contribution in [1.82, 2.24) is 5.32 Å². The van der Waals surface area contributed by atoms with Crippen molar-refractivity contribution in [3.63, 3.8) is 0 Å². The number of piperidine rings is 1. The molecule has 0 aliphatic carbocycles. The van der Waals surface area contributed by atoms with Crippen LogP contribution in [0.3, 0.4) is 0 Å². The van der Waals surface area contributed by atoms with Gasteiger partial charge in [0, 0.05) is 13.1 Å². The lowest BCUT2D eigenvalue weighted by atomic mass is 9.86. The molecule has 0 bridgehead atoms. The van der Waals surface area contributed by atoms with Crippen molar-refractivity contribution in [1.29, 1.82) is 0 Å². The molecule has 3 nitrogen and oxygen atoms in total. The van der Waals surface area contributed by atoms with Gasteiger partial charge in [-0.1, -0.05) is 24.3 Å². The fourth-order valence-electron chi connectivity index (χ4n) is 2.09. The molecule has 0 radical (unpaired) electrons. The van der Waals surface area contributed by atoms with E-state index in [1.165, 1.54) is 0 Å². The molecule has 0 amide bonds. The number of β-amino-alcohol motifs (C(OH)–C–C–N with tert-alkyl or cyclic N) is 1. The van der Waals surface area contributed by atoms with Crippen LogP contribution in [0.2, 0.25) is 0 Å². The molecule has 1 aliphatic rings. The molecule has 0 saturated carbocycles. The summed E-state index contributed by atoms with van der Waals surface area (Å²) in [5, 5.41) is 13.6. The first-order valence-corrected chi connectivity index (χ1v) is 5.47. The second-order valence-electron chi connectivity index (χ2n) is 4.21. The minimum Gasteiger partial charge on any atom is -0.384 e. The molecule has 1 aliphatic heterocycles. The highest BCUT2D eigenvalue weighted by Gasteiger charge is 2.30. The Bertz CT molecular complexity index is 315. The second kappa shape index (κ2) is 4.31. The topological polar surface area (TPSA) is 58.3 Å². The quantitative estimate of drug-likeness (QED) is 0.668. The van der Waals surface area contributed by atoms with Crippen LogP contribution >= 0.6 is 0 Å². The van der Waals surface area contributed by atoms with Gasteiger partial charge in [-0.15, -0.1) is 0 Å². The van der Waals surface area contributed by atoms with Crippen LogP contribution in [0.4, 0.5) is 0 Å². The highest BCUT2D eigenvalue weighted by molar-refractivity contribution is 5.27. The highest BCUT2D eigenvalue weighted by atomic mass is 16.3. The van der Waals surface area contributed by atoms with Gasteiger partial charge in [0.05, 0.1) is 0 Å². The zero-order valence-electron chi connectivity index (χ0n) is 8.87. The number of hydrogen-bond donors (Lipinski definition) is 3. The summed E-state index contributed by atoms with van der Waals surface area (Å²) in [5.74, 6) is 0. The van der Waals surface area contributed by atoms with Crippen LogP contribution in [-0.2, 0) is 12.1 Å². The van der Waals surface area contributed by atoms with Gasteiger partial charge in [-0.05, 0) is 30.5 Å². The molecule has 3 heteroatoms. The van der Waals surface area contributed by atoms with Gasteiger partial charge >= 0.3 is 0 Å². The molecule has 1 heterocycles. The largest absolute Gasteiger partial charge is 0.384 e. The SMILES string of the molecule is NCc1ccc(C2(O)CCCNC2)cc1. The fraction of sp³-hybridized carbons (Fsp3) is 0.500. The van der Waals surface area contributed by atoms with Crippen molar-refractivity contribution in [2.45, 2.75) is 25.0 Å². The maximum Gasteiger partial charge on any atom is 0.102 e. The smallest absolute Gasteiger partial charge is 0.102 e. The van der Waals surface area contributed by atoms with E-state index in [1.54, 1.807) is 0 Å². The van der Waals surface area contributed by atoms with E-state index in [-0.39, 0.29) is 0 Å². The monoisotopic (exact) mass is 206 g/mol. The molecule has 0 aromatic heterocycles. The van der Waals surface area contributed by atoms with Gasteiger partial charge in [0.2, 0.25) is 0 Å². The number of nitrogens with one attached hydrogen (secondary N) is 1. The summed E-state index contributed by atoms with van der Waals surface area (Å²) in [4.78, 5) is 0. The maximum atomic E-state index is 10.4. The lowest BCUT2D eigenvalue weighted by Gasteiger charge is -2.33. The molecule has 15 heavy (non-hydrogen) atoms. The van der Waals surface area contributed by atoms with Gasteiger partial charge in [-0.3, -0.25) is 0 Å². The lowest BCUT2D eigenvalue weighted by molar-refractivity contribution is 0.0123. The van der Waals surface area contributed by atoms with Gasteiger partial charge in [0.25, 0.3) is 0 Å². The van der Waals surface area contributed by atoms with Crippen LogP contribution in [0.5, 0.6) is 0 Å². The van der Waals surface area contributed by atoms with Crippen molar-refractivity contribution in [3.8, 4) is 0 Å². The summed E-state index contributed by atoms with van der Waals surface area (Å²) in [6, 6.07) is 7.94. The van der Waals surface area contributed by atoms with E-state index >= 15 is 0 Å². The van der Waals surface area contributed by atoms with Crippen molar-refractivity contribution >= 4 is 0 Å². The van der Waals surface area contributed by atoms with E-state index < -0.39 is 5.60 Å². The summed E-state index contributed by atoms with van der Waals surface area (Å²) >= 11 is 0. The number of nitrogens with two attached hydrogens (primary N) is 1. The fourth-order valence-corrected chi connectivity index (χ4v) is 2.09. The van der Waals surface area contributed by atoms with Crippen molar-refractivity contribution in [3.05, 3.63) is 35.4 Å². The molecule has 1 unspecified atom stereocenters. The molecule has 1 saturated heterocycles. The molecule has 1 fully saturated rings. The Morgan fingerprint density at radius 1 is 1.33 bits per heavy atom. The van der Waals surface area contributed by atoms with E-state index in [1.807, 2.05) is 24.3 Å². The Hall–Kier alpha value is -0.900. The van der Waals surface area contributed by atoms with Gasteiger partial charge in [-0.2, -0.15) is 0 Å². The Kier molecular flexibility index (Phi) is 3.05. The minimum absolute atomic E-state index is 0.553. The molecule has 1 atom stereocenters. The van der Waals surface area contributed by atoms with Gasteiger partial charge < -0.3 is 16.2 Å². The van der Waals surface area contributed by atoms with E-state index in [4.69, 9.17) is 5.73 Å². The molecule has 0 spiro atoms. The van der Waals surface area contributed by atoms with Gasteiger partial charge in [-0.25, -0.2) is 0 Å². The second-order valence-corrected chi connectivity index (χ2v) is 4.21. The van der Waals surface area contributed by atoms with Gasteiger partial charge in [0.15, 0.2) is 0 Å². The van der Waals surface area contributed by atoms with Crippen molar-refractivity contribution < 1.29 is 5.11 Å². The zero-order chi connectivity index (χ0) is 10.7. The predicted octanol–water partition coefficient (Wildman–Crippen LogP) is 0.716. The summed E-state index contributed by atoms with van der Waals surface area (Å²) in [5.41, 5.74) is 6.94. The summed E-state index contributed by atoms with van der Waals surface area (Å²) in [6.45, 7) is 2.20. The van der Waals surface area contributed by atoms with Crippen LogP contribution in [0.25, 0.3) is 0 Å². The molecule has 82 valence electrons. The third-order valence-corrected chi connectivity index (χ3v) is 3.09. The van der Waals surface area contributed by atoms with E-state index in [0.717, 1.165) is 30.5 Å². The molecule has 1 aromatic carbocycles. The third-order valence-electron chi connectivity index (χ3n) is 3.09. The first-order chi connectivity index (χ1) is 7.24. The highest BCUT2D eigenvalue weighted by Crippen LogP contribution is 2.28. The van der Waals surface area contributed by atoms with E-state index in [9.17, 15) is 5.11 Å².